The van der Waals surface area contributed by atoms with E-state index in [2.05, 4.69) is 27.6 Å². The summed E-state index contributed by atoms with van der Waals surface area (Å²) in [5.74, 6) is -0.285. The standard InChI is InChI=1S/C29H30N4O6S2/c1-3-38-28(35)25-22-13-15-32(17-19-7-5-4-6-8-19)18-23(22)41-26(25)30-24(34)14-16-40-27-29(36)39-31-33(27)20-9-11-21(37-2)12-10-20/h4-12H,3,13-18H2,1-2H3,(H-,30,31,34,35,36). The second kappa shape index (κ2) is 13.2. The third-order valence-corrected chi connectivity index (χ3v) is 8.73. The van der Waals surface area contributed by atoms with Gasteiger partial charge in [-0.3, -0.25) is 9.69 Å². The normalized spacial score (nSPS) is 13.0. The van der Waals surface area contributed by atoms with E-state index in [4.69, 9.17) is 14.0 Å². The molecule has 41 heavy (non-hydrogen) atoms. The lowest BCUT2D eigenvalue weighted by atomic mass is 10.0. The number of benzene rings is 2. The molecule has 0 atom stereocenters. The zero-order valence-electron chi connectivity index (χ0n) is 22.8. The van der Waals surface area contributed by atoms with Crippen molar-refractivity contribution in [2.45, 2.75) is 37.9 Å². The number of nitrogens with zero attached hydrogens (tertiary/aromatic N) is 3. The summed E-state index contributed by atoms with van der Waals surface area (Å²) in [7, 11) is 1.57. The minimum Gasteiger partial charge on any atom is -0.538 e. The number of carbonyl (C=O) groups is 2. The van der Waals surface area contributed by atoms with Crippen LogP contribution in [0.4, 0.5) is 5.00 Å². The number of fused-ring (bicyclic) bond motifs is 1. The number of thiophene rings is 1. The van der Waals surface area contributed by atoms with E-state index in [0.29, 0.717) is 40.7 Å². The summed E-state index contributed by atoms with van der Waals surface area (Å²) in [4.78, 5) is 29.3. The number of hydrogen-bond acceptors (Lipinski definition) is 10. The number of nitrogens with one attached hydrogen (secondary N) is 1. The van der Waals surface area contributed by atoms with E-state index in [-0.39, 0.29) is 24.0 Å². The maximum absolute atomic E-state index is 13.0. The summed E-state index contributed by atoms with van der Waals surface area (Å²) in [5.41, 5.74) is 3.26. The Kier molecular flexibility index (Phi) is 9.22. The molecule has 12 heteroatoms. The lowest BCUT2D eigenvalue weighted by Gasteiger charge is -2.27. The maximum atomic E-state index is 13.0. The van der Waals surface area contributed by atoms with Crippen LogP contribution in [0, 0.1) is 0 Å². The molecule has 0 radical (unpaired) electrons. The molecular formula is C29H30N4O6S2. The van der Waals surface area contributed by atoms with Crippen LogP contribution in [0.15, 0.2) is 64.1 Å². The van der Waals surface area contributed by atoms with Gasteiger partial charge >= 0.3 is 5.97 Å². The van der Waals surface area contributed by atoms with E-state index in [1.54, 1.807) is 38.3 Å². The van der Waals surface area contributed by atoms with E-state index < -0.39 is 11.9 Å². The van der Waals surface area contributed by atoms with Gasteiger partial charge in [0, 0.05) is 48.8 Å². The van der Waals surface area contributed by atoms with Crippen molar-refractivity contribution in [1.29, 1.82) is 0 Å². The number of hydrogen-bond donors (Lipinski definition) is 1. The van der Waals surface area contributed by atoms with Crippen molar-refractivity contribution in [3.63, 3.8) is 0 Å². The molecule has 1 amide bonds. The molecule has 0 saturated carbocycles. The first-order valence-corrected chi connectivity index (χ1v) is 15.0. The Bertz CT molecular complexity index is 1500. The van der Waals surface area contributed by atoms with Gasteiger partial charge in [0.15, 0.2) is 5.95 Å². The summed E-state index contributed by atoms with van der Waals surface area (Å²) in [6, 6.07) is 17.3. The van der Waals surface area contributed by atoms with Crippen LogP contribution in [0.3, 0.4) is 0 Å². The van der Waals surface area contributed by atoms with E-state index in [1.807, 2.05) is 18.2 Å². The predicted molar refractivity (Wildman–Crippen MR) is 153 cm³/mol. The van der Waals surface area contributed by atoms with E-state index in [1.165, 1.54) is 33.3 Å². The Morgan fingerprint density at radius 1 is 1.20 bits per heavy atom. The summed E-state index contributed by atoms with van der Waals surface area (Å²) >= 11 is 2.60. The number of methoxy groups -OCH3 is 1. The molecule has 0 bridgehead atoms. The second-order valence-corrected chi connectivity index (χ2v) is 11.5. The van der Waals surface area contributed by atoms with Gasteiger partial charge in [-0.1, -0.05) is 42.1 Å². The van der Waals surface area contributed by atoms with Crippen LogP contribution in [0.1, 0.15) is 39.7 Å². The largest absolute Gasteiger partial charge is 0.538 e. The second-order valence-electron chi connectivity index (χ2n) is 9.30. The van der Waals surface area contributed by atoms with Crippen LogP contribution in [0.25, 0.3) is 5.69 Å². The van der Waals surface area contributed by atoms with Crippen LogP contribution in [-0.2, 0) is 29.0 Å². The van der Waals surface area contributed by atoms with Crippen molar-refractivity contribution in [3.8, 4) is 17.4 Å². The molecule has 1 aliphatic rings. The molecule has 5 rings (SSSR count). The Morgan fingerprint density at radius 2 is 1.98 bits per heavy atom. The number of carbonyl (C=O) groups excluding carboxylic acids is 2. The van der Waals surface area contributed by atoms with Gasteiger partial charge in [-0.15, -0.1) is 11.3 Å². The molecule has 0 aliphatic carbocycles. The first-order valence-electron chi connectivity index (χ1n) is 13.2. The van der Waals surface area contributed by atoms with Crippen LogP contribution in [0.5, 0.6) is 11.7 Å². The molecule has 0 spiro atoms. The smallest absolute Gasteiger partial charge is 0.341 e. The molecule has 10 nitrogen and oxygen atoms in total. The van der Waals surface area contributed by atoms with Crippen molar-refractivity contribution >= 4 is 40.0 Å². The van der Waals surface area contributed by atoms with Gasteiger partial charge in [-0.2, -0.15) is 0 Å². The molecule has 0 unspecified atom stereocenters. The molecule has 1 aliphatic heterocycles. The Morgan fingerprint density at radius 3 is 2.71 bits per heavy atom. The fourth-order valence-corrected chi connectivity index (χ4v) is 6.81. The molecule has 3 heterocycles. The molecule has 0 fully saturated rings. The van der Waals surface area contributed by atoms with Gasteiger partial charge in [0.05, 0.1) is 24.6 Å². The first kappa shape index (κ1) is 28.7. The molecule has 2 aromatic carbocycles. The maximum Gasteiger partial charge on any atom is 0.341 e. The van der Waals surface area contributed by atoms with Crippen LogP contribution in [0.2, 0.25) is 0 Å². The zero-order valence-corrected chi connectivity index (χ0v) is 24.4. The van der Waals surface area contributed by atoms with Crippen LogP contribution in [-0.4, -0.2) is 48.1 Å². The highest BCUT2D eigenvalue weighted by Gasteiger charge is 2.30. The van der Waals surface area contributed by atoms with Gasteiger partial charge in [0.2, 0.25) is 11.6 Å². The quantitative estimate of drug-likeness (QED) is 0.156. The van der Waals surface area contributed by atoms with E-state index >= 15 is 0 Å². The summed E-state index contributed by atoms with van der Waals surface area (Å²) in [6.45, 7) is 4.32. The van der Waals surface area contributed by atoms with E-state index in [9.17, 15) is 14.7 Å². The van der Waals surface area contributed by atoms with Gasteiger partial charge in [0.1, 0.15) is 10.8 Å². The van der Waals surface area contributed by atoms with E-state index in [0.717, 1.165) is 23.5 Å². The highest BCUT2D eigenvalue weighted by atomic mass is 32.2. The monoisotopic (exact) mass is 594 g/mol. The van der Waals surface area contributed by atoms with Crippen molar-refractivity contribution in [2.24, 2.45) is 0 Å². The summed E-state index contributed by atoms with van der Waals surface area (Å²) < 4.78 is 16.8. The Hall–Kier alpha value is -3.87. The highest BCUT2D eigenvalue weighted by molar-refractivity contribution is 7.99. The number of ether oxygens (including phenoxy) is 2. The Balaban J connectivity index is 1.25. The molecule has 0 saturated heterocycles. The van der Waals surface area contributed by atoms with Gasteiger partial charge < -0.3 is 24.4 Å². The van der Waals surface area contributed by atoms with Crippen LogP contribution < -0.4 is 19.8 Å². The first-order chi connectivity index (χ1) is 20.0. The van der Waals surface area contributed by atoms with Crippen molar-refractivity contribution in [1.82, 2.24) is 10.2 Å². The zero-order chi connectivity index (χ0) is 28.8. The average molecular weight is 595 g/mol. The lowest BCUT2D eigenvalue weighted by molar-refractivity contribution is -0.705. The number of esters is 1. The molecule has 2 aromatic heterocycles. The topological polar surface area (TPSA) is 121 Å². The fourth-order valence-electron chi connectivity index (χ4n) is 4.62. The number of thioether (sulfide) groups is 1. The average Bonchev–Trinajstić information content (AvgIpc) is 3.53. The molecule has 1 N–H and O–H groups in total. The number of anilines is 1. The molecule has 214 valence electrons. The SMILES string of the molecule is CCOC(=O)c1c(NC(=O)CCSc2c([O-])on[n+]2-c2ccc(OC)cc2)sc2c1CCN(Cc1ccccc1)C2. The van der Waals surface area contributed by atoms with Crippen molar-refractivity contribution in [3.05, 3.63) is 76.2 Å². The van der Waals surface area contributed by atoms with Gasteiger partial charge in [0.25, 0.3) is 5.03 Å². The van der Waals surface area contributed by atoms with Crippen LogP contribution >= 0.6 is 23.1 Å². The lowest BCUT2D eigenvalue weighted by Crippen LogP contribution is -2.34. The minimum absolute atomic E-state index is 0.114. The third kappa shape index (κ3) is 6.72. The minimum atomic E-state index is -0.582. The highest BCUT2D eigenvalue weighted by Crippen LogP contribution is 2.38. The third-order valence-electron chi connectivity index (χ3n) is 6.57. The van der Waals surface area contributed by atoms with Crippen molar-refractivity contribution < 1.29 is 33.4 Å². The van der Waals surface area contributed by atoms with Crippen molar-refractivity contribution in [2.75, 3.05) is 31.3 Å². The predicted octanol–water partition coefficient (Wildman–Crippen LogP) is 3.95. The number of amides is 1. The fraction of sp³-hybridized carbons (Fsp3) is 0.310. The number of rotatable bonds is 11. The summed E-state index contributed by atoms with van der Waals surface area (Å²) in [5, 5.41) is 19.8. The molecular weight excluding hydrogens is 564 g/mol. The number of aromatic nitrogens is 2. The van der Waals surface area contributed by atoms with Gasteiger partial charge in [-0.25, -0.2) is 4.79 Å². The Labute approximate surface area is 245 Å². The molecule has 4 aromatic rings. The summed E-state index contributed by atoms with van der Waals surface area (Å²) in [6.07, 6.45) is 0.812. The van der Waals surface area contributed by atoms with Gasteiger partial charge in [-0.05, 0) is 41.3 Å².